The predicted molar refractivity (Wildman–Crippen MR) is 63.9 cm³/mol. The fourth-order valence-corrected chi connectivity index (χ4v) is 1.31. The lowest BCUT2D eigenvalue weighted by Crippen LogP contribution is -2.17. The van der Waals surface area contributed by atoms with Gasteiger partial charge >= 0.3 is 6.09 Å². The molecule has 2 aromatic rings. The van der Waals surface area contributed by atoms with Crippen LogP contribution in [-0.4, -0.2) is 26.3 Å². The molecule has 0 aliphatic heterocycles. The summed E-state index contributed by atoms with van der Waals surface area (Å²) in [6.45, 7) is 4.05. The maximum Gasteiger partial charge on any atom is 0.454 e. The third-order valence-electron chi connectivity index (χ3n) is 2.31. The topological polar surface area (TPSA) is 69.9 Å². The zero-order valence-electron chi connectivity index (χ0n) is 10.3. The summed E-state index contributed by atoms with van der Waals surface area (Å²) < 4.78 is 5.07. The highest BCUT2D eigenvalue weighted by atomic mass is 16.6. The fraction of sp³-hybridized carbons (Fsp3) is 0.333. The fourth-order valence-electron chi connectivity index (χ4n) is 1.31. The molecule has 0 amide bonds. The number of hydrogen-bond acceptors (Lipinski definition) is 5. The molecule has 18 heavy (non-hydrogen) atoms. The van der Waals surface area contributed by atoms with E-state index in [1.54, 1.807) is 0 Å². The summed E-state index contributed by atoms with van der Waals surface area (Å²) in [7, 11) is 0. The van der Waals surface area contributed by atoms with Crippen LogP contribution in [-0.2, 0) is 11.3 Å². The number of nitrogens with zero attached hydrogens (tertiary/aromatic N) is 4. The molecule has 0 radical (unpaired) electrons. The summed E-state index contributed by atoms with van der Waals surface area (Å²) in [5.74, 6) is 0.646. The van der Waals surface area contributed by atoms with Crippen molar-refractivity contribution in [3.63, 3.8) is 0 Å². The number of tetrazole rings is 1. The van der Waals surface area contributed by atoms with Crippen LogP contribution in [0.5, 0.6) is 0 Å². The second-order valence-corrected chi connectivity index (χ2v) is 4.13. The Morgan fingerprint density at radius 2 is 2.06 bits per heavy atom. The number of aromatic nitrogens is 4. The average molecular weight is 246 g/mol. The van der Waals surface area contributed by atoms with Gasteiger partial charge in [0.05, 0.1) is 0 Å². The Hall–Kier alpha value is -2.24. The minimum absolute atomic E-state index is 0.126. The van der Waals surface area contributed by atoms with Crippen molar-refractivity contribution in [3.8, 4) is 0 Å². The maximum absolute atomic E-state index is 11.6. The summed E-state index contributed by atoms with van der Waals surface area (Å²) in [6, 6.07) is 9.42. The summed E-state index contributed by atoms with van der Waals surface area (Å²) >= 11 is 0. The van der Waals surface area contributed by atoms with E-state index in [0.717, 1.165) is 10.4 Å². The van der Waals surface area contributed by atoms with Gasteiger partial charge in [-0.05, 0) is 10.8 Å². The van der Waals surface area contributed by atoms with Crippen LogP contribution in [0.1, 0.15) is 31.2 Å². The molecule has 0 unspecified atom stereocenters. The molecule has 0 aliphatic rings. The zero-order chi connectivity index (χ0) is 13.0. The number of carbonyl (C=O) groups excluding carboxylic acids is 1. The Bertz CT molecular complexity index is 522. The Balaban J connectivity index is 1.95. The molecule has 0 atom stereocenters. The van der Waals surface area contributed by atoms with Gasteiger partial charge in [-0.2, -0.15) is 0 Å². The largest absolute Gasteiger partial charge is 0.454 e. The van der Waals surface area contributed by atoms with E-state index in [4.69, 9.17) is 4.74 Å². The number of carbonyl (C=O) groups is 1. The lowest BCUT2D eigenvalue weighted by molar-refractivity contribution is 0.133. The van der Waals surface area contributed by atoms with Crippen LogP contribution in [0.25, 0.3) is 0 Å². The normalized spacial score (nSPS) is 10.6. The minimum atomic E-state index is -0.627. The molecule has 0 aliphatic carbocycles. The molecule has 0 N–H and O–H groups in total. The van der Waals surface area contributed by atoms with Gasteiger partial charge in [0.1, 0.15) is 6.61 Å². The standard InChI is InChI=1S/C12H14N4O2/c1-9(2)11-13-15-16(14-11)12(17)18-8-10-6-4-3-5-7-10/h3-7,9H,8H2,1-2H3. The van der Waals surface area contributed by atoms with Gasteiger partial charge < -0.3 is 4.74 Å². The van der Waals surface area contributed by atoms with E-state index in [9.17, 15) is 4.79 Å². The summed E-state index contributed by atoms with van der Waals surface area (Å²) in [6.07, 6.45) is -0.627. The quantitative estimate of drug-likeness (QED) is 0.828. The Morgan fingerprint density at radius 3 is 2.67 bits per heavy atom. The number of benzene rings is 1. The number of rotatable bonds is 3. The van der Waals surface area contributed by atoms with Gasteiger partial charge in [-0.25, -0.2) is 4.79 Å². The molecular formula is C12H14N4O2. The zero-order valence-corrected chi connectivity index (χ0v) is 10.3. The second kappa shape index (κ2) is 5.39. The first-order valence-corrected chi connectivity index (χ1v) is 5.68. The number of ether oxygens (including phenoxy) is 1. The monoisotopic (exact) mass is 246 g/mol. The smallest absolute Gasteiger partial charge is 0.442 e. The van der Waals surface area contributed by atoms with Crippen molar-refractivity contribution in [2.45, 2.75) is 26.4 Å². The Labute approximate surface area is 105 Å². The molecule has 6 nitrogen and oxygen atoms in total. The van der Waals surface area contributed by atoms with Gasteiger partial charge in [-0.3, -0.25) is 0 Å². The highest BCUT2D eigenvalue weighted by molar-refractivity contribution is 5.67. The molecule has 1 aromatic carbocycles. The van der Waals surface area contributed by atoms with Gasteiger partial charge in [-0.1, -0.05) is 49.0 Å². The molecule has 1 aromatic heterocycles. The van der Waals surface area contributed by atoms with Crippen LogP contribution < -0.4 is 0 Å². The molecule has 0 fully saturated rings. The Morgan fingerprint density at radius 1 is 1.33 bits per heavy atom. The van der Waals surface area contributed by atoms with Crippen LogP contribution in [0.15, 0.2) is 30.3 Å². The van der Waals surface area contributed by atoms with Gasteiger partial charge in [0.25, 0.3) is 0 Å². The molecule has 1 heterocycles. The van der Waals surface area contributed by atoms with Crippen molar-refractivity contribution in [2.24, 2.45) is 0 Å². The van der Waals surface area contributed by atoms with Crippen LogP contribution in [0.4, 0.5) is 4.79 Å². The van der Waals surface area contributed by atoms with Gasteiger partial charge in [0, 0.05) is 5.92 Å². The number of hydrogen-bond donors (Lipinski definition) is 0. The molecule has 94 valence electrons. The summed E-state index contributed by atoms with van der Waals surface area (Å²) in [4.78, 5) is 12.5. The molecule has 6 heteroatoms. The molecule has 0 spiro atoms. The predicted octanol–water partition coefficient (Wildman–Crippen LogP) is 1.98. The van der Waals surface area contributed by atoms with Crippen molar-refractivity contribution in [3.05, 3.63) is 41.7 Å². The van der Waals surface area contributed by atoms with E-state index in [-0.39, 0.29) is 12.5 Å². The van der Waals surface area contributed by atoms with Crippen molar-refractivity contribution < 1.29 is 9.53 Å². The van der Waals surface area contributed by atoms with Crippen molar-refractivity contribution in [2.75, 3.05) is 0 Å². The SMILES string of the molecule is CC(C)c1nnn(C(=O)OCc2ccccc2)n1. The third-order valence-corrected chi connectivity index (χ3v) is 2.31. The molecule has 0 bridgehead atoms. The van der Waals surface area contributed by atoms with Crippen LogP contribution in [0.2, 0.25) is 0 Å². The average Bonchev–Trinajstić information content (AvgIpc) is 2.87. The summed E-state index contributed by atoms with van der Waals surface area (Å²) in [5, 5.41) is 11.4. The molecule has 2 rings (SSSR count). The first-order chi connectivity index (χ1) is 8.66. The van der Waals surface area contributed by atoms with Crippen LogP contribution in [0.3, 0.4) is 0 Å². The maximum atomic E-state index is 11.6. The lowest BCUT2D eigenvalue weighted by atomic mass is 10.2. The lowest BCUT2D eigenvalue weighted by Gasteiger charge is -2.02. The van der Waals surface area contributed by atoms with Gasteiger partial charge in [0.15, 0.2) is 5.82 Å². The minimum Gasteiger partial charge on any atom is -0.442 e. The van der Waals surface area contributed by atoms with E-state index in [2.05, 4.69) is 15.4 Å². The third kappa shape index (κ3) is 2.91. The van der Waals surface area contributed by atoms with Crippen LogP contribution >= 0.6 is 0 Å². The highest BCUT2D eigenvalue weighted by Gasteiger charge is 2.13. The van der Waals surface area contributed by atoms with Crippen molar-refractivity contribution >= 4 is 6.09 Å². The van der Waals surface area contributed by atoms with E-state index < -0.39 is 6.09 Å². The highest BCUT2D eigenvalue weighted by Crippen LogP contribution is 2.06. The van der Waals surface area contributed by atoms with Gasteiger partial charge in [0.2, 0.25) is 0 Å². The van der Waals surface area contributed by atoms with Crippen LogP contribution in [0, 0.1) is 0 Å². The first kappa shape index (κ1) is 12.2. The molecule has 0 saturated heterocycles. The first-order valence-electron chi connectivity index (χ1n) is 5.68. The van der Waals surface area contributed by atoms with E-state index in [1.807, 2.05) is 44.2 Å². The van der Waals surface area contributed by atoms with E-state index in [0.29, 0.717) is 5.82 Å². The van der Waals surface area contributed by atoms with Crippen molar-refractivity contribution in [1.82, 2.24) is 20.2 Å². The second-order valence-electron chi connectivity index (χ2n) is 4.13. The Kier molecular flexibility index (Phi) is 3.66. The van der Waals surface area contributed by atoms with E-state index in [1.165, 1.54) is 0 Å². The van der Waals surface area contributed by atoms with E-state index >= 15 is 0 Å². The molecule has 0 saturated carbocycles. The van der Waals surface area contributed by atoms with Gasteiger partial charge in [-0.15, -0.1) is 10.2 Å². The summed E-state index contributed by atoms with van der Waals surface area (Å²) in [5.41, 5.74) is 0.912. The molecular weight excluding hydrogens is 232 g/mol. The van der Waals surface area contributed by atoms with Crippen molar-refractivity contribution in [1.29, 1.82) is 0 Å².